The van der Waals surface area contributed by atoms with Gasteiger partial charge in [0.05, 0.1) is 17.3 Å². The van der Waals surface area contributed by atoms with Crippen molar-refractivity contribution >= 4 is 35.0 Å². The average Bonchev–Trinajstić information content (AvgIpc) is 2.65. The van der Waals surface area contributed by atoms with Crippen LogP contribution in [0.5, 0.6) is 0 Å². The molecule has 1 aromatic heterocycles. The predicted molar refractivity (Wildman–Crippen MR) is 107 cm³/mol. The fourth-order valence-electron chi connectivity index (χ4n) is 3.12. The summed E-state index contributed by atoms with van der Waals surface area (Å²) in [5, 5.41) is 3.96. The molecule has 0 aliphatic carbocycles. The lowest BCUT2D eigenvalue weighted by Crippen LogP contribution is -2.49. The number of aromatic nitrogens is 2. The summed E-state index contributed by atoms with van der Waals surface area (Å²) in [7, 11) is 0. The van der Waals surface area contributed by atoms with Gasteiger partial charge in [-0.2, -0.15) is 0 Å². The summed E-state index contributed by atoms with van der Waals surface area (Å²) >= 11 is 6.38. The minimum atomic E-state index is -0.258. The molecule has 0 saturated carbocycles. The number of hydrogen-bond donors (Lipinski definition) is 1. The first kappa shape index (κ1) is 19.2. The van der Waals surface area contributed by atoms with E-state index in [1.54, 1.807) is 4.90 Å². The number of carbonyl (C=O) groups is 1. The van der Waals surface area contributed by atoms with Gasteiger partial charge >= 0.3 is 6.09 Å². The largest absolute Gasteiger partial charge is 0.450 e. The second-order valence-electron chi connectivity index (χ2n) is 6.50. The van der Waals surface area contributed by atoms with Crippen LogP contribution in [0, 0.1) is 13.8 Å². The van der Waals surface area contributed by atoms with Gasteiger partial charge in [0.2, 0.25) is 0 Å². The van der Waals surface area contributed by atoms with Crippen molar-refractivity contribution in [3.8, 4) is 0 Å². The number of aryl methyl sites for hydroxylation is 2. The van der Waals surface area contributed by atoms with E-state index in [0.717, 1.165) is 22.6 Å². The van der Waals surface area contributed by atoms with Crippen molar-refractivity contribution in [3.63, 3.8) is 0 Å². The Morgan fingerprint density at radius 2 is 1.93 bits per heavy atom. The Bertz CT molecular complexity index is 798. The number of ether oxygens (including phenoxy) is 1. The standard InChI is InChI=1S/C19H24ClN5O2/c1-4-27-19(26)25-7-5-24(6-8-25)17-11-16(21-12-22-17)23-18-14(3)9-13(2)10-15(18)20/h9-12H,4-8H2,1-3H3,(H,21,22,23). The summed E-state index contributed by atoms with van der Waals surface area (Å²) in [6.07, 6.45) is 1.28. The smallest absolute Gasteiger partial charge is 0.409 e. The minimum Gasteiger partial charge on any atom is -0.450 e. The number of nitrogens with zero attached hydrogens (tertiary/aromatic N) is 4. The lowest BCUT2D eigenvalue weighted by molar-refractivity contribution is 0.105. The van der Waals surface area contributed by atoms with Crippen molar-refractivity contribution in [2.24, 2.45) is 0 Å². The number of benzene rings is 1. The second kappa shape index (κ2) is 8.43. The molecule has 0 atom stereocenters. The van der Waals surface area contributed by atoms with Gasteiger partial charge in [-0.05, 0) is 38.0 Å². The van der Waals surface area contributed by atoms with Crippen LogP contribution in [-0.4, -0.2) is 53.7 Å². The Hall–Kier alpha value is -2.54. The van der Waals surface area contributed by atoms with Gasteiger partial charge in [-0.15, -0.1) is 0 Å². The summed E-state index contributed by atoms with van der Waals surface area (Å²) in [5.41, 5.74) is 3.02. The third-order valence-corrected chi connectivity index (χ3v) is 4.77. The van der Waals surface area contributed by atoms with Crippen LogP contribution in [0.2, 0.25) is 5.02 Å². The normalized spacial score (nSPS) is 14.2. The van der Waals surface area contributed by atoms with E-state index < -0.39 is 0 Å². The average molecular weight is 390 g/mol. The van der Waals surface area contributed by atoms with E-state index in [1.807, 2.05) is 32.9 Å². The quantitative estimate of drug-likeness (QED) is 0.858. The summed E-state index contributed by atoms with van der Waals surface area (Å²) in [5.74, 6) is 1.50. The first-order valence-electron chi connectivity index (χ1n) is 9.00. The van der Waals surface area contributed by atoms with Gasteiger partial charge in [-0.25, -0.2) is 14.8 Å². The predicted octanol–water partition coefficient (Wildman–Crippen LogP) is 3.77. The molecule has 27 heavy (non-hydrogen) atoms. The molecular weight excluding hydrogens is 366 g/mol. The number of amides is 1. The summed E-state index contributed by atoms with van der Waals surface area (Å²) in [6.45, 7) is 8.83. The van der Waals surface area contributed by atoms with Gasteiger partial charge < -0.3 is 19.9 Å². The fourth-order valence-corrected chi connectivity index (χ4v) is 3.49. The molecule has 3 rings (SSSR count). The number of anilines is 3. The molecule has 7 nitrogen and oxygen atoms in total. The van der Waals surface area contributed by atoms with Crippen LogP contribution in [0.3, 0.4) is 0 Å². The van der Waals surface area contributed by atoms with Crippen molar-refractivity contribution in [3.05, 3.63) is 40.7 Å². The molecule has 144 valence electrons. The highest BCUT2D eigenvalue weighted by molar-refractivity contribution is 6.33. The Morgan fingerprint density at radius 1 is 1.19 bits per heavy atom. The van der Waals surface area contributed by atoms with Crippen LogP contribution >= 0.6 is 11.6 Å². The molecule has 1 fully saturated rings. The Labute approximate surface area is 164 Å². The molecule has 1 amide bonds. The van der Waals surface area contributed by atoms with Gasteiger partial charge in [0, 0.05) is 32.2 Å². The van der Waals surface area contributed by atoms with Gasteiger partial charge in [-0.3, -0.25) is 0 Å². The molecule has 2 aromatic rings. The fraction of sp³-hybridized carbons (Fsp3) is 0.421. The molecule has 0 bridgehead atoms. The third kappa shape index (κ3) is 4.60. The number of nitrogens with one attached hydrogen (secondary N) is 1. The van der Waals surface area contributed by atoms with Crippen LogP contribution in [0.1, 0.15) is 18.1 Å². The van der Waals surface area contributed by atoms with Crippen LogP contribution in [0.4, 0.5) is 22.1 Å². The number of halogens is 1. The Morgan fingerprint density at radius 3 is 2.59 bits per heavy atom. The lowest BCUT2D eigenvalue weighted by atomic mass is 10.1. The monoisotopic (exact) mass is 389 g/mol. The van der Waals surface area contributed by atoms with Crippen LogP contribution in [-0.2, 0) is 4.74 Å². The van der Waals surface area contributed by atoms with Crippen molar-refractivity contribution < 1.29 is 9.53 Å². The van der Waals surface area contributed by atoms with Gasteiger partial charge in [0.25, 0.3) is 0 Å². The molecule has 0 spiro atoms. The van der Waals surface area contributed by atoms with E-state index >= 15 is 0 Å². The molecule has 1 N–H and O–H groups in total. The summed E-state index contributed by atoms with van der Waals surface area (Å²) in [6, 6.07) is 5.90. The van der Waals surface area contributed by atoms with E-state index in [2.05, 4.69) is 26.3 Å². The zero-order valence-corrected chi connectivity index (χ0v) is 16.6. The molecule has 0 unspecified atom stereocenters. The maximum atomic E-state index is 11.8. The molecule has 0 radical (unpaired) electrons. The molecule has 1 aliphatic rings. The maximum Gasteiger partial charge on any atom is 0.409 e. The highest BCUT2D eigenvalue weighted by Crippen LogP contribution is 2.30. The molecule has 1 saturated heterocycles. The third-order valence-electron chi connectivity index (χ3n) is 4.47. The van der Waals surface area contributed by atoms with E-state index in [4.69, 9.17) is 16.3 Å². The molecule has 2 heterocycles. The minimum absolute atomic E-state index is 0.258. The highest BCUT2D eigenvalue weighted by atomic mass is 35.5. The number of carbonyl (C=O) groups excluding carboxylic acids is 1. The topological polar surface area (TPSA) is 70.6 Å². The van der Waals surface area contributed by atoms with E-state index in [1.165, 1.54) is 6.33 Å². The number of piperazine rings is 1. The van der Waals surface area contributed by atoms with E-state index in [9.17, 15) is 4.79 Å². The van der Waals surface area contributed by atoms with E-state index in [-0.39, 0.29) is 6.09 Å². The van der Waals surface area contributed by atoms with Crippen molar-refractivity contribution in [1.29, 1.82) is 0 Å². The van der Waals surface area contributed by atoms with Gasteiger partial charge in [-0.1, -0.05) is 17.7 Å². The van der Waals surface area contributed by atoms with Crippen molar-refractivity contribution in [1.82, 2.24) is 14.9 Å². The van der Waals surface area contributed by atoms with Crippen LogP contribution in [0.25, 0.3) is 0 Å². The summed E-state index contributed by atoms with van der Waals surface area (Å²) in [4.78, 5) is 24.4. The highest BCUT2D eigenvalue weighted by Gasteiger charge is 2.23. The van der Waals surface area contributed by atoms with Gasteiger partial charge in [0.15, 0.2) is 0 Å². The van der Waals surface area contributed by atoms with E-state index in [0.29, 0.717) is 43.6 Å². The molecule has 1 aromatic carbocycles. The molecule has 8 heteroatoms. The van der Waals surface area contributed by atoms with Crippen molar-refractivity contribution in [2.75, 3.05) is 43.0 Å². The zero-order valence-electron chi connectivity index (χ0n) is 15.8. The first-order valence-corrected chi connectivity index (χ1v) is 9.38. The molecular formula is C19H24ClN5O2. The summed E-state index contributed by atoms with van der Waals surface area (Å²) < 4.78 is 5.06. The first-order chi connectivity index (χ1) is 13.0. The lowest BCUT2D eigenvalue weighted by Gasteiger charge is -2.34. The SMILES string of the molecule is CCOC(=O)N1CCN(c2cc(Nc3c(C)cc(C)cc3Cl)ncn2)CC1. The van der Waals surface area contributed by atoms with Gasteiger partial charge in [0.1, 0.15) is 18.0 Å². The van der Waals surface area contributed by atoms with Crippen LogP contribution in [0.15, 0.2) is 24.5 Å². The second-order valence-corrected chi connectivity index (χ2v) is 6.91. The maximum absolute atomic E-state index is 11.8. The molecule has 1 aliphatic heterocycles. The van der Waals surface area contributed by atoms with Crippen LogP contribution < -0.4 is 10.2 Å². The van der Waals surface area contributed by atoms with Crippen molar-refractivity contribution in [2.45, 2.75) is 20.8 Å². The zero-order chi connectivity index (χ0) is 19.4. The Kier molecular flexibility index (Phi) is 6.01. The number of hydrogen-bond acceptors (Lipinski definition) is 6. The Balaban J connectivity index is 1.69. The number of rotatable bonds is 4.